The Morgan fingerprint density at radius 3 is 2.30 bits per heavy atom. The van der Waals surface area contributed by atoms with Crippen LogP contribution in [-0.2, 0) is 21.2 Å². The number of nitrogens with zero attached hydrogens (tertiary/aromatic N) is 1. The van der Waals surface area contributed by atoms with E-state index in [-0.39, 0.29) is 17.1 Å². The molecule has 0 spiro atoms. The third-order valence-corrected chi connectivity index (χ3v) is 5.59. The smallest absolute Gasteiger partial charge is 0.248 e. The number of benzene rings is 2. The molecule has 1 N–H and O–H groups in total. The van der Waals surface area contributed by atoms with Crippen LogP contribution in [0.15, 0.2) is 42.5 Å². The second-order valence-electron chi connectivity index (χ2n) is 6.12. The number of nitrogens with one attached hydrogen (secondary N) is 1. The molecule has 0 bridgehead atoms. The summed E-state index contributed by atoms with van der Waals surface area (Å²) in [6.45, 7) is 3.73. The van der Waals surface area contributed by atoms with Crippen LogP contribution in [0.2, 0.25) is 5.02 Å². The molecule has 0 saturated heterocycles. The molecule has 1 atom stereocenters. The fourth-order valence-corrected chi connectivity index (χ4v) is 4.11. The van der Waals surface area contributed by atoms with Crippen molar-refractivity contribution < 1.29 is 17.6 Å². The van der Waals surface area contributed by atoms with E-state index < -0.39 is 27.8 Å². The lowest BCUT2D eigenvalue weighted by atomic mass is 10.1. The Labute approximate surface area is 164 Å². The fraction of sp³-hybridized carbons (Fsp3) is 0.316. The molecule has 1 amide bonds. The molecule has 0 aromatic heterocycles. The molecule has 2 aromatic carbocycles. The van der Waals surface area contributed by atoms with Gasteiger partial charge in [0, 0.05) is 5.69 Å². The first kappa shape index (κ1) is 21.2. The molecule has 0 aliphatic carbocycles. The van der Waals surface area contributed by atoms with Crippen molar-refractivity contribution in [1.29, 1.82) is 0 Å². The first-order chi connectivity index (χ1) is 12.7. The summed E-state index contributed by atoms with van der Waals surface area (Å²) in [5, 5.41) is 2.52. The Morgan fingerprint density at radius 1 is 1.19 bits per heavy atom. The molecule has 8 heteroatoms. The summed E-state index contributed by atoms with van der Waals surface area (Å²) in [4.78, 5) is 12.8. The summed E-state index contributed by atoms with van der Waals surface area (Å²) in [6.07, 6.45) is 2.09. The number of sulfonamides is 1. The number of halogens is 2. The summed E-state index contributed by atoms with van der Waals surface area (Å²) < 4.78 is 39.2. The predicted molar refractivity (Wildman–Crippen MR) is 107 cm³/mol. The van der Waals surface area contributed by atoms with E-state index in [2.05, 4.69) is 5.32 Å². The SMILES string of the molecule is CCc1ccc(NC(=O)[C@H](CC)N(c2ccc(F)c(Cl)c2)S(C)(=O)=O)cc1. The number of anilines is 2. The van der Waals surface area contributed by atoms with Crippen molar-refractivity contribution in [2.45, 2.75) is 32.7 Å². The largest absolute Gasteiger partial charge is 0.324 e. The second-order valence-corrected chi connectivity index (χ2v) is 8.39. The molecule has 2 aromatic rings. The molecule has 5 nitrogen and oxygen atoms in total. The lowest BCUT2D eigenvalue weighted by molar-refractivity contribution is -0.117. The zero-order valence-electron chi connectivity index (χ0n) is 15.4. The molecule has 0 aliphatic rings. The van der Waals surface area contributed by atoms with Crippen LogP contribution in [0, 0.1) is 5.82 Å². The Morgan fingerprint density at radius 2 is 1.81 bits per heavy atom. The van der Waals surface area contributed by atoms with Crippen molar-refractivity contribution in [3.05, 3.63) is 58.9 Å². The zero-order chi connectivity index (χ0) is 20.2. The second kappa shape index (κ2) is 8.71. The van der Waals surface area contributed by atoms with Gasteiger partial charge in [0.05, 0.1) is 17.0 Å². The number of carbonyl (C=O) groups excluding carboxylic acids is 1. The highest BCUT2D eigenvalue weighted by molar-refractivity contribution is 7.92. The highest BCUT2D eigenvalue weighted by atomic mass is 35.5. The van der Waals surface area contributed by atoms with E-state index >= 15 is 0 Å². The molecular formula is C19H22ClFN2O3S. The first-order valence-electron chi connectivity index (χ1n) is 8.51. The van der Waals surface area contributed by atoms with Crippen LogP contribution in [0.5, 0.6) is 0 Å². The maximum absolute atomic E-state index is 13.5. The first-order valence-corrected chi connectivity index (χ1v) is 10.7. The minimum atomic E-state index is -3.82. The van der Waals surface area contributed by atoms with Gasteiger partial charge in [-0.05, 0) is 48.7 Å². The summed E-state index contributed by atoms with van der Waals surface area (Å²) in [5.41, 5.74) is 1.83. The summed E-state index contributed by atoms with van der Waals surface area (Å²) in [7, 11) is -3.82. The van der Waals surface area contributed by atoms with Crippen molar-refractivity contribution in [3.8, 4) is 0 Å². The predicted octanol–water partition coefficient (Wildman–Crippen LogP) is 4.22. The van der Waals surface area contributed by atoms with Crippen LogP contribution >= 0.6 is 11.6 Å². The maximum atomic E-state index is 13.5. The van der Waals surface area contributed by atoms with E-state index in [0.717, 1.165) is 28.6 Å². The Balaban J connectivity index is 2.36. The lowest BCUT2D eigenvalue weighted by Crippen LogP contribution is -2.47. The van der Waals surface area contributed by atoms with Crippen LogP contribution < -0.4 is 9.62 Å². The highest BCUT2D eigenvalue weighted by Gasteiger charge is 2.32. The molecule has 0 heterocycles. The van der Waals surface area contributed by atoms with Gasteiger partial charge in [-0.2, -0.15) is 0 Å². The molecule has 0 unspecified atom stereocenters. The van der Waals surface area contributed by atoms with Gasteiger partial charge in [-0.15, -0.1) is 0 Å². The van der Waals surface area contributed by atoms with E-state index in [4.69, 9.17) is 11.6 Å². The number of aryl methyl sites for hydroxylation is 1. The minimum Gasteiger partial charge on any atom is -0.324 e. The van der Waals surface area contributed by atoms with Crippen LogP contribution in [-0.4, -0.2) is 26.6 Å². The third kappa shape index (κ3) is 5.20. The van der Waals surface area contributed by atoms with E-state index in [9.17, 15) is 17.6 Å². The fourth-order valence-electron chi connectivity index (χ4n) is 2.73. The summed E-state index contributed by atoms with van der Waals surface area (Å²) >= 11 is 5.80. The van der Waals surface area contributed by atoms with E-state index in [1.807, 2.05) is 19.1 Å². The summed E-state index contributed by atoms with van der Waals surface area (Å²) in [5.74, 6) is -1.14. The van der Waals surface area contributed by atoms with Crippen molar-refractivity contribution in [2.24, 2.45) is 0 Å². The Kier molecular flexibility index (Phi) is 6.84. The van der Waals surface area contributed by atoms with Crippen LogP contribution in [0.3, 0.4) is 0 Å². The van der Waals surface area contributed by atoms with Crippen LogP contribution in [0.1, 0.15) is 25.8 Å². The quantitative estimate of drug-likeness (QED) is 0.740. The van der Waals surface area contributed by atoms with Gasteiger partial charge in [0.15, 0.2) is 0 Å². The van der Waals surface area contributed by atoms with Gasteiger partial charge in [-0.1, -0.05) is 37.6 Å². The van der Waals surface area contributed by atoms with Gasteiger partial charge in [0.25, 0.3) is 0 Å². The van der Waals surface area contributed by atoms with Crippen molar-refractivity contribution in [1.82, 2.24) is 0 Å². The molecule has 0 saturated carbocycles. The average Bonchev–Trinajstić information content (AvgIpc) is 2.61. The molecule has 0 fully saturated rings. The van der Waals surface area contributed by atoms with E-state index in [1.165, 1.54) is 12.1 Å². The average molecular weight is 413 g/mol. The van der Waals surface area contributed by atoms with Crippen molar-refractivity contribution >= 4 is 38.9 Å². The standard InChI is InChI=1S/C19H22ClFN2O3S/c1-4-13-6-8-14(9-7-13)22-19(24)18(5-2)23(27(3,25)26)15-10-11-17(21)16(20)12-15/h6-12,18H,4-5H2,1-3H3,(H,22,24)/t18-/m0/s1. The van der Waals surface area contributed by atoms with Gasteiger partial charge < -0.3 is 5.32 Å². The Hall–Kier alpha value is -2.12. The molecule has 27 heavy (non-hydrogen) atoms. The molecular weight excluding hydrogens is 391 g/mol. The topological polar surface area (TPSA) is 66.5 Å². The lowest BCUT2D eigenvalue weighted by Gasteiger charge is -2.30. The van der Waals surface area contributed by atoms with Gasteiger partial charge in [0.1, 0.15) is 11.9 Å². The number of rotatable bonds is 7. The van der Waals surface area contributed by atoms with Gasteiger partial charge in [-0.3, -0.25) is 9.10 Å². The van der Waals surface area contributed by atoms with Gasteiger partial charge >= 0.3 is 0 Å². The molecule has 0 aliphatic heterocycles. The van der Waals surface area contributed by atoms with Gasteiger partial charge in [0.2, 0.25) is 15.9 Å². The van der Waals surface area contributed by atoms with Crippen molar-refractivity contribution in [2.75, 3.05) is 15.9 Å². The highest BCUT2D eigenvalue weighted by Crippen LogP contribution is 2.27. The van der Waals surface area contributed by atoms with Crippen LogP contribution in [0.25, 0.3) is 0 Å². The number of carbonyl (C=O) groups is 1. The number of hydrogen-bond donors (Lipinski definition) is 1. The molecule has 146 valence electrons. The van der Waals surface area contributed by atoms with E-state index in [1.54, 1.807) is 19.1 Å². The molecule has 0 radical (unpaired) electrons. The molecule has 2 rings (SSSR count). The maximum Gasteiger partial charge on any atom is 0.248 e. The summed E-state index contributed by atoms with van der Waals surface area (Å²) in [6, 6.07) is 9.87. The van der Waals surface area contributed by atoms with Crippen molar-refractivity contribution in [3.63, 3.8) is 0 Å². The number of amides is 1. The van der Waals surface area contributed by atoms with Gasteiger partial charge in [-0.25, -0.2) is 12.8 Å². The minimum absolute atomic E-state index is 0.132. The van der Waals surface area contributed by atoms with Crippen LogP contribution in [0.4, 0.5) is 15.8 Å². The monoisotopic (exact) mass is 412 g/mol. The normalized spacial score (nSPS) is 12.5. The third-order valence-electron chi connectivity index (χ3n) is 4.12. The van der Waals surface area contributed by atoms with E-state index in [0.29, 0.717) is 5.69 Å². The zero-order valence-corrected chi connectivity index (χ0v) is 16.9. The Bertz CT molecular complexity index is 917. The number of hydrogen-bond acceptors (Lipinski definition) is 3.